The summed E-state index contributed by atoms with van der Waals surface area (Å²) in [6.07, 6.45) is 0.453. The van der Waals surface area contributed by atoms with Gasteiger partial charge in [0.2, 0.25) is 11.8 Å². The van der Waals surface area contributed by atoms with Gasteiger partial charge < -0.3 is 16.0 Å². The van der Waals surface area contributed by atoms with Gasteiger partial charge in [-0.15, -0.1) is 0 Å². The maximum absolute atomic E-state index is 11.6. The topological polar surface area (TPSA) is 70.2 Å². The third-order valence-electron chi connectivity index (χ3n) is 2.88. The number of para-hydroxylation sites is 1. The predicted octanol–water partition coefficient (Wildman–Crippen LogP) is 1.90. The summed E-state index contributed by atoms with van der Waals surface area (Å²) in [5.74, 6) is 0.438. The molecule has 1 rings (SSSR count). The molecule has 0 heterocycles. The molecule has 0 aliphatic rings. The second-order valence-corrected chi connectivity index (χ2v) is 5.46. The van der Waals surface area contributed by atoms with Crippen molar-refractivity contribution in [2.24, 2.45) is 5.92 Å². The molecule has 2 amide bonds. The van der Waals surface area contributed by atoms with E-state index in [2.05, 4.69) is 29.8 Å². The highest BCUT2D eigenvalue weighted by Crippen LogP contribution is 2.14. The van der Waals surface area contributed by atoms with E-state index in [0.717, 1.165) is 11.3 Å². The zero-order valence-corrected chi connectivity index (χ0v) is 13.0. The van der Waals surface area contributed by atoms with E-state index in [1.165, 1.54) is 6.92 Å². The van der Waals surface area contributed by atoms with Crippen LogP contribution in [-0.2, 0) is 16.1 Å². The van der Waals surface area contributed by atoms with Crippen LogP contribution in [0.15, 0.2) is 24.3 Å². The molecule has 0 aromatic heterocycles. The molecular weight excluding hydrogens is 266 g/mol. The van der Waals surface area contributed by atoms with Crippen LogP contribution in [0.3, 0.4) is 0 Å². The minimum absolute atomic E-state index is 0.0614. The lowest BCUT2D eigenvalue weighted by atomic mass is 10.1. The second kappa shape index (κ2) is 9.13. The highest BCUT2D eigenvalue weighted by Gasteiger charge is 2.04. The Morgan fingerprint density at radius 1 is 1.19 bits per heavy atom. The summed E-state index contributed by atoms with van der Waals surface area (Å²) >= 11 is 0. The fourth-order valence-corrected chi connectivity index (χ4v) is 1.82. The number of rotatable bonds is 8. The SMILES string of the molecule is CC(=O)Nc1ccccc1CNCCC(=O)NCC(C)C. The molecule has 0 unspecified atom stereocenters. The highest BCUT2D eigenvalue weighted by molar-refractivity contribution is 5.89. The first kappa shape index (κ1) is 17.2. The standard InChI is InChI=1S/C16H25N3O2/c1-12(2)10-18-16(21)8-9-17-11-14-6-4-5-7-15(14)19-13(3)20/h4-7,12,17H,8-11H2,1-3H3,(H,18,21)(H,19,20). The van der Waals surface area contributed by atoms with Crippen LogP contribution in [0.4, 0.5) is 5.69 Å². The van der Waals surface area contributed by atoms with Gasteiger partial charge in [0.05, 0.1) is 0 Å². The van der Waals surface area contributed by atoms with Gasteiger partial charge in [0.1, 0.15) is 0 Å². The Balaban J connectivity index is 2.32. The summed E-state index contributed by atoms with van der Waals surface area (Å²) < 4.78 is 0. The lowest BCUT2D eigenvalue weighted by Crippen LogP contribution is -2.30. The Labute approximate surface area is 126 Å². The molecule has 5 nitrogen and oxygen atoms in total. The predicted molar refractivity (Wildman–Crippen MR) is 84.9 cm³/mol. The number of carbonyl (C=O) groups is 2. The van der Waals surface area contributed by atoms with E-state index >= 15 is 0 Å². The van der Waals surface area contributed by atoms with Crippen molar-refractivity contribution in [3.8, 4) is 0 Å². The zero-order chi connectivity index (χ0) is 15.7. The number of hydrogen-bond donors (Lipinski definition) is 3. The normalized spacial score (nSPS) is 10.5. The van der Waals surface area contributed by atoms with Gasteiger partial charge in [-0.25, -0.2) is 0 Å². The molecule has 0 radical (unpaired) electrons. The number of hydrogen-bond acceptors (Lipinski definition) is 3. The molecule has 3 N–H and O–H groups in total. The van der Waals surface area contributed by atoms with Gasteiger partial charge in [-0.2, -0.15) is 0 Å². The van der Waals surface area contributed by atoms with E-state index in [1.54, 1.807) is 0 Å². The summed E-state index contributed by atoms with van der Waals surface area (Å²) in [7, 11) is 0. The van der Waals surface area contributed by atoms with Gasteiger partial charge in [0.15, 0.2) is 0 Å². The highest BCUT2D eigenvalue weighted by atomic mass is 16.2. The number of carbonyl (C=O) groups excluding carboxylic acids is 2. The minimum atomic E-state index is -0.0875. The van der Waals surface area contributed by atoms with Gasteiger partial charge in [-0.3, -0.25) is 9.59 Å². The van der Waals surface area contributed by atoms with Gasteiger partial charge >= 0.3 is 0 Å². The van der Waals surface area contributed by atoms with E-state index in [9.17, 15) is 9.59 Å². The molecule has 0 fully saturated rings. The van der Waals surface area contributed by atoms with E-state index in [4.69, 9.17) is 0 Å². The minimum Gasteiger partial charge on any atom is -0.356 e. The van der Waals surface area contributed by atoms with E-state index in [-0.39, 0.29) is 11.8 Å². The molecule has 0 saturated heterocycles. The van der Waals surface area contributed by atoms with Crippen molar-refractivity contribution in [1.82, 2.24) is 10.6 Å². The monoisotopic (exact) mass is 291 g/mol. The second-order valence-electron chi connectivity index (χ2n) is 5.46. The Morgan fingerprint density at radius 3 is 2.57 bits per heavy atom. The molecule has 0 saturated carbocycles. The van der Waals surface area contributed by atoms with Crippen LogP contribution in [0.2, 0.25) is 0 Å². The van der Waals surface area contributed by atoms with Crippen molar-refractivity contribution in [2.75, 3.05) is 18.4 Å². The molecule has 0 bridgehead atoms. The lowest BCUT2D eigenvalue weighted by Gasteiger charge is -2.11. The van der Waals surface area contributed by atoms with Gasteiger partial charge in [0.25, 0.3) is 0 Å². The third kappa shape index (κ3) is 7.46. The van der Waals surface area contributed by atoms with Crippen LogP contribution in [0, 0.1) is 5.92 Å². The van der Waals surface area contributed by atoms with Crippen molar-refractivity contribution < 1.29 is 9.59 Å². The van der Waals surface area contributed by atoms with Crippen molar-refractivity contribution >= 4 is 17.5 Å². The third-order valence-corrected chi connectivity index (χ3v) is 2.88. The Kier molecular flexibility index (Phi) is 7.46. The fourth-order valence-electron chi connectivity index (χ4n) is 1.82. The average molecular weight is 291 g/mol. The number of anilines is 1. The van der Waals surface area contributed by atoms with Gasteiger partial charge in [-0.05, 0) is 17.5 Å². The molecule has 116 valence electrons. The molecule has 1 aromatic rings. The first-order valence-electron chi connectivity index (χ1n) is 7.32. The average Bonchev–Trinajstić information content (AvgIpc) is 2.42. The molecule has 0 atom stereocenters. The van der Waals surface area contributed by atoms with Crippen LogP contribution in [0.1, 0.15) is 32.8 Å². The van der Waals surface area contributed by atoms with E-state index < -0.39 is 0 Å². The number of benzene rings is 1. The van der Waals surface area contributed by atoms with E-state index in [1.807, 2.05) is 24.3 Å². The molecule has 5 heteroatoms. The summed E-state index contributed by atoms with van der Waals surface area (Å²) in [4.78, 5) is 22.7. The number of amides is 2. The largest absolute Gasteiger partial charge is 0.356 e. The van der Waals surface area contributed by atoms with Crippen LogP contribution in [-0.4, -0.2) is 24.9 Å². The molecule has 21 heavy (non-hydrogen) atoms. The van der Waals surface area contributed by atoms with Crippen LogP contribution in [0.5, 0.6) is 0 Å². The molecule has 1 aromatic carbocycles. The fraction of sp³-hybridized carbons (Fsp3) is 0.500. The Hall–Kier alpha value is -1.88. The summed E-state index contributed by atoms with van der Waals surface area (Å²) in [6.45, 7) is 7.56. The summed E-state index contributed by atoms with van der Waals surface area (Å²) in [5, 5.41) is 8.90. The van der Waals surface area contributed by atoms with Crippen molar-refractivity contribution in [3.63, 3.8) is 0 Å². The van der Waals surface area contributed by atoms with Crippen molar-refractivity contribution in [3.05, 3.63) is 29.8 Å². The first-order chi connectivity index (χ1) is 9.99. The Morgan fingerprint density at radius 2 is 1.90 bits per heavy atom. The molecular formula is C16H25N3O2. The summed E-state index contributed by atoms with van der Waals surface area (Å²) in [6, 6.07) is 7.64. The maximum atomic E-state index is 11.6. The quantitative estimate of drug-likeness (QED) is 0.641. The van der Waals surface area contributed by atoms with E-state index in [0.29, 0.717) is 32.0 Å². The molecule has 0 aliphatic carbocycles. The lowest BCUT2D eigenvalue weighted by molar-refractivity contribution is -0.121. The zero-order valence-electron chi connectivity index (χ0n) is 13.0. The van der Waals surface area contributed by atoms with Gasteiger partial charge in [-0.1, -0.05) is 32.0 Å². The van der Waals surface area contributed by atoms with Crippen molar-refractivity contribution in [1.29, 1.82) is 0 Å². The van der Waals surface area contributed by atoms with Crippen LogP contribution < -0.4 is 16.0 Å². The smallest absolute Gasteiger partial charge is 0.221 e. The summed E-state index contributed by atoms with van der Waals surface area (Å²) in [5.41, 5.74) is 1.82. The maximum Gasteiger partial charge on any atom is 0.221 e. The van der Waals surface area contributed by atoms with Crippen LogP contribution >= 0.6 is 0 Å². The van der Waals surface area contributed by atoms with Gasteiger partial charge in [0, 0.05) is 38.7 Å². The Bertz CT molecular complexity index is 472. The van der Waals surface area contributed by atoms with Crippen LogP contribution in [0.25, 0.3) is 0 Å². The molecule has 0 spiro atoms. The molecule has 0 aliphatic heterocycles. The number of nitrogens with one attached hydrogen (secondary N) is 3. The first-order valence-corrected chi connectivity index (χ1v) is 7.32. The van der Waals surface area contributed by atoms with Crippen molar-refractivity contribution in [2.45, 2.75) is 33.7 Å².